The summed E-state index contributed by atoms with van der Waals surface area (Å²) in [5, 5.41) is 3.18. The molecule has 0 unspecified atom stereocenters. The first-order chi connectivity index (χ1) is 11.3. The van der Waals surface area contributed by atoms with Gasteiger partial charge in [0.2, 0.25) is 0 Å². The second-order valence-corrected chi connectivity index (χ2v) is 5.56. The third-order valence-corrected chi connectivity index (χ3v) is 3.80. The van der Waals surface area contributed by atoms with Gasteiger partial charge in [-0.3, -0.25) is 0 Å². The number of nitrogens with one attached hydrogen (secondary N) is 1. The quantitative estimate of drug-likeness (QED) is 0.539. The van der Waals surface area contributed by atoms with E-state index in [1.807, 2.05) is 36.4 Å². The Morgan fingerprint density at radius 2 is 1.57 bits per heavy atom. The maximum Gasteiger partial charge on any atom is 0.300 e. The van der Waals surface area contributed by atoms with Crippen molar-refractivity contribution in [3.05, 3.63) is 78.4 Å². The minimum atomic E-state index is 0.507. The molecule has 3 nitrogen and oxygen atoms in total. The number of hydrogen-bond donors (Lipinski definition) is 1. The molecule has 1 N–H and O–H groups in total. The zero-order valence-electron chi connectivity index (χ0n) is 12.8. The molecule has 0 saturated carbocycles. The smallest absolute Gasteiger partial charge is 0.300 e. The topological polar surface area (TPSA) is 38.1 Å². The van der Waals surface area contributed by atoms with E-state index in [1.54, 1.807) is 0 Å². The van der Waals surface area contributed by atoms with E-state index in [4.69, 9.17) is 4.42 Å². The molecule has 112 valence electrons. The number of rotatable bonds is 3. The van der Waals surface area contributed by atoms with Crippen molar-refractivity contribution in [3.8, 4) is 11.1 Å². The minimum absolute atomic E-state index is 0.507. The highest BCUT2D eigenvalue weighted by molar-refractivity contribution is 5.82. The van der Waals surface area contributed by atoms with Gasteiger partial charge >= 0.3 is 0 Å². The monoisotopic (exact) mass is 300 g/mol. The lowest BCUT2D eigenvalue weighted by Crippen LogP contribution is -1.88. The number of oxazole rings is 1. The first-order valence-corrected chi connectivity index (χ1v) is 7.58. The average Bonchev–Trinajstić information content (AvgIpc) is 2.98. The van der Waals surface area contributed by atoms with E-state index >= 15 is 0 Å². The van der Waals surface area contributed by atoms with E-state index in [1.165, 1.54) is 11.1 Å². The van der Waals surface area contributed by atoms with Crippen LogP contribution in [-0.2, 0) is 0 Å². The highest BCUT2D eigenvalue weighted by Crippen LogP contribution is 2.27. The van der Waals surface area contributed by atoms with E-state index < -0.39 is 0 Å². The highest BCUT2D eigenvalue weighted by Gasteiger charge is 2.07. The summed E-state index contributed by atoms with van der Waals surface area (Å²) >= 11 is 0. The minimum Gasteiger partial charge on any atom is -0.423 e. The zero-order chi connectivity index (χ0) is 15.6. The van der Waals surface area contributed by atoms with Crippen molar-refractivity contribution in [2.45, 2.75) is 6.92 Å². The molecule has 3 aromatic carbocycles. The van der Waals surface area contributed by atoms with Gasteiger partial charge in [0.05, 0.1) is 0 Å². The predicted molar refractivity (Wildman–Crippen MR) is 93.9 cm³/mol. The summed E-state index contributed by atoms with van der Waals surface area (Å²) in [6.07, 6.45) is 0. The molecule has 0 radical (unpaired) electrons. The molecule has 0 spiro atoms. The summed E-state index contributed by atoms with van der Waals surface area (Å²) in [4.78, 5) is 4.53. The van der Waals surface area contributed by atoms with Crippen molar-refractivity contribution < 1.29 is 4.42 Å². The van der Waals surface area contributed by atoms with Crippen LogP contribution in [0.3, 0.4) is 0 Å². The van der Waals surface area contributed by atoms with Gasteiger partial charge in [-0.25, -0.2) is 0 Å². The molecule has 0 aliphatic rings. The molecule has 0 saturated heterocycles. The molecule has 0 aliphatic heterocycles. The van der Waals surface area contributed by atoms with Gasteiger partial charge in [-0.15, -0.1) is 0 Å². The van der Waals surface area contributed by atoms with Gasteiger partial charge in [-0.05, 0) is 42.3 Å². The Hall–Kier alpha value is -3.07. The number of hydrogen-bond acceptors (Lipinski definition) is 3. The molecule has 1 aromatic heterocycles. The van der Waals surface area contributed by atoms with Crippen molar-refractivity contribution in [1.29, 1.82) is 0 Å². The fraction of sp³-hybridized carbons (Fsp3) is 0.0500. The number of aromatic nitrogens is 1. The van der Waals surface area contributed by atoms with Gasteiger partial charge in [0.1, 0.15) is 5.52 Å². The maximum atomic E-state index is 5.76. The standard InChI is InChI=1S/C20H16N2O/c1-14-7-9-15(10-8-14)16-11-12-19-18(13-16)22-20(23-19)21-17-5-3-2-4-6-17/h2-13H,1H3,(H,21,22). The summed E-state index contributed by atoms with van der Waals surface area (Å²) in [5.74, 6) is 0. The molecule has 1 heterocycles. The number of fused-ring (bicyclic) bond motifs is 1. The van der Waals surface area contributed by atoms with Crippen molar-refractivity contribution in [3.63, 3.8) is 0 Å². The highest BCUT2D eigenvalue weighted by atomic mass is 16.4. The van der Waals surface area contributed by atoms with E-state index in [2.05, 4.69) is 53.6 Å². The second kappa shape index (κ2) is 5.61. The van der Waals surface area contributed by atoms with Crippen LogP contribution in [0.4, 0.5) is 11.7 Å². The predicted octanol–water partition coefficient (Wildman–Crippen LogP) is 5.55. The third-order valence-electron chi connectivity index (χ3n) is 3.80. The van der Waals surface area contributed by atoms with Crippen LogP contribution in [0.15, 0.2) is 77.2 Å². The van der Waals surface area contributed by atoms with Crippen LogP contribution in [0, 0.1) is 6.92 Å². The summed E-state index contributed by atoms with van der Waals surface area (Å²) in [6, 6.07) is 24.9. The van der Waals surface area contributed by atoms with Gasteiger partial charge in [-0.2, -0.15) is 4.98 Å². The Balaban J connectivity index is 1.68. The Kier molecular flexibility index (Phi) is 3.31. The molecule has 0 bridgehead atoms. The van der Waals surface area contributed by atoms with Crippen molar-refractivity contribution in [1.82, 2.24) is 4.98 Å². The molecule has 3 heteroatoms. The van der Waals surface area contributed by atoms with Crippen LogP contribution in [-0.4, -0.2) is 4.98 Å². The summed E-state index contributed by atoms with van der Waals surface area (Å²) in [7, 11) is 0. The molecule has 4 rings (SSSR count). The molecular weight excluding hydrogens is 284 g/mol. The van der Waals surface area contributed by atoms with Crippen molar-refractivity contribution in [2.24, 2.45) is 0 Å². The second-order valence-electron chi connectivity index (χ2n) is 5.56. The lowest BCUT2D eigenvalue weighted by atomic mass is 10.0. The summed E-state index contributed by atoms with van der Waals surface area (Å²) in [6.45, 7) is 2.09. The fourth-order valence-electron chi connectivity index (χ4n) is 2.55. The van der Waals surface area contributed by atoms with E-state index in [0.29, 0.717) is 6.01 Å². The Morgan fingerprint density at radius 1 is 0.826 bits per heavy atom. The van der Waals surface area contributed by atoms with Gasteiger partial charge in [0, 0.05) is 5.69 Å². The van der Waals surface area contributed by atoms with Crippen LogP contribution in [0.25, 0.3) is 22.2 Å². The molecule has 0 atom stereocenters. The molecular formula is C20H16N2O. The Morgan fingerprint density at radius 3 is 2.35 bits per heavy atom. The largest absolute Gasteiger partial charge is 0.423 e. The van der Waals surface area contributed by atoms with Crippen LogP contribution in [0.1, 0.15) is 5.56 Å². The Bertz CT molecular complexity index is 940. The van der Waals surface area contributed by atoms with Crippen molar-refractivity contribution >= 4 is 22.8 Å². The average molecular weight is 300 g/mol. The van der Waals surface area contributed by atoms with Gasteiger partial charge in [0.15, 0.2) is 5.58 Å². The summed E-state index contributed by atoms with van der Waals surface area (Å²) < 4.78 is 5.76. The Labute approximate surface area is 134 Å². The third kappa shape index (κ3) is 2.81. The van der Waals surface area contributed by atoms with Crippen LogP contribution in [0.5, 0.6) is 0 Å². The molecule has 4 aromatic rings. The van der Waals surface area contributed by atoms with E-state index in [9.17, 15) is 0 Å². The van der Waals surface area contributed by atoms with Crippen molar-refractivity contribution in [2.75, 3.05) is 5.32 Å². The summed E-state index contributed by atoms with van der Waals surface area (Å²) in [5.41, 5.74) is 6.15. The molecule has 23 heavy (non-hydrogen) atoms. The first-order valence-electron chi connectivity index (χ1n) is 7.58. The van der Waals surface area contributed by atoms with Crippen LogP contribution < -0.4 is 5.32 Å². The molecule has 0 aliphatic carbocycles. The number of aryl methyl sites for hydroxylation is 1. The normalized spacial score (nSPS) is 10.8. The van der Waals surface area contributed by atoms with Gasteiger partial charge in [-0.1, -0.05) is 54.1 Å². The lowest BCUT2D eigenvalue weighted by molar-refractivity contribution is 0.623. The van der Waals surface area contributed by atoms with Gasteiger partial charge < -0.3 is 9.73 Å². The molecule has 0 amide bonds. The zero-order valence-corrected chi connectivity index (χ0v) is 12.8. The number of para-hydroxylation sites is 1. The SMILES string of the molecule is Cc1ccc(-c2ccc3oc(Nc4ccccc4)nc3c2)cc1. The van der Waals surface area contributed by atoms with Crippen LogP contribution in [0.2, 0.25) is 0 Å². The van der Waals surface area contributed by atoms with E-state index in [-0.39, 0.29) is 0 Å². The van der Waals surface area contributed by atoms with E-state index in [0.717, 1.165) is 22.4 Å². The molecule has 0 fully saturated rings. The fourth-order valence-corrected chi connectivity index (χ4v) is 2.55. The number of anilines is 2. The number of nitrogens with zero attached hydrogens (tertiary/aromatic N) is 1. The first kappa shape index (κ1) is 13.6. The van der Waals surface area contributed by atoms with Crippen LogP contribution >= 0.6 is 0 Å². The lowest BCUT2D eigenvalue weighted by Gasteiger charge is -2.01. The van der Waals surface area contributed by atoms with Gasteiger partial charge in [0.25, 0.3) is 6.01 Å². The number of benzene rings is 3. The maximum absolute atomic E-state index is 5.76.